The molecule has 1 rings (SSSR count). The van der Waals surface area contributed by atoms with Crippen molar-refractivity contribution in [2.24, 2.45) is 5.73 Å². The Hall–Kier alpha value is -0.940. The molecular weight excluding hydrogens is 250 g/mol. The first-order valence-corrected chi connectivity index (χ1v) is 7.31. The minimum absolute atomic E-state index is 0.371. The fourth-order valence-corrected chi connectivity index (χ4v) is 2.29. The highest BCUT2D eigenvalue weighted by molar-refractivity contribution is 5.26. The molecule has 4 nitrogen and oxygen atoms in total. The molecule has 0 fully saturated rings. The lowest BCUT2D eigenvalue weighted by Gasteiger charge is -2.20. The van der Waals surface area contributed by atoms with Gasteiger partial charge in [0.15, 0.2) is 0 Å². The fourth-order valence-electron chi connectivity index (χ4n) is 2.29. The zero-order valence-electron chi connectivity index (χ0n) is 13.1. The van der Waals surface area contributed by atoms with Gasteiger partial charge in [-0.25, -0.2) is 0 Å². The first-order chi connectivity index (χ1) is 9.67. The van der Waals surface area contributed by atoms with E-state index in [1.807, 2.05) is 0 Å². The van der Waals surface area contributed by atoms with E-state index >= 15 is 0 Å². The van der Waals surface area contributed by atoms with Crippen molar-refractivity contribution in [1.29, 1.82) is 0 Å². The fraction of sp³-hybridized carbons (Fsp3) is 0.625. The van der Waals surface area contributed by atoms with Crippen LogP contribution in [0.2, 0.25) is 0 Å². The van der Waals surface area contributed by atoms with Crippen molar-refractivity contribution in [1.82, 2.24) is 10.2 Å². The molecule has 1 aromatic carbocycles. The second-order valence-electron chi connectivity index (χ2n) is 5.47. The van der Waals surface area contributed by atoms with E-state index in [0.717, 1.165) is 39.1 Å². The molecule has 1 aromatic rings. The second-order valence-corrected chi connectivity index (χ2v) is 5.47. The topological polar surface area (TPSA) is 50.5 Å². The van der Waals surface area contributed by atoms with Crippen molar-refractivity contribution in [2.75, 3.05) is 34.4 Å². The van der Waals surface area contributed by atoms with E-state index < -0.39 is 0 Å². The van der Waals surface area contributed by atoms with Gasteiger partial charge in [0.2, 0.25) is 0 Å². The van der Waals surface area contributed by atoms with Crippen LogP contribution in [0.3, 0.4) is 0 Å². The highest BCUT2D eigenvalue weighted by atomic mass is 16.5. The van der Waals surface area contributed by atoms with Crippen LogP contribution in [0.5, 0.6) is 0 Å². The summed E-state index contributed by atoms with van der Waals surface area (Å²) in [7, 11) is 5.94. The normalized spacial score (nSPS) is 12.8. The summed E-state index contributed by atoms with van der Waals surface area (Å²) in [4.78, 5) is 2.19. The van der Waals surface area contributed by atoms with Crippen molar-refractivity contribution in [2.45, 2.75) is 32.0 Å². The molecule has 3 N–H and O–H groups in total. The number of benzene rings is 1. The molecule has 0 radical (unpaired) electrons. The summed E-state index contributed by atoms with van der Waals surface area (Å²) in [5, 5.41) is 3.59. The summed E-state index contributed by atoms with van der Waals surface area (Å²) in [6, 6.07) is 8.96. The average molecular weight is 279 g/mol. The number of nitrogens with zero attached hydrogens (tertiary/aromatic N) is 1. The summed E-state index contributed by atoms with van der Waals surface area (Å²) < 4.78 is 5.27. The third kappa shape index (κ3) is 6.48. The van der Waals surface area contributed by atoms with Gasteiger partial charge >= 0.3 is 0 Å². The summed E-state index contributed by atoms with van der Waals surface area (Å²) in [6.45, 7) is 3.31. The Bertz CT molecular complexity index is 368. The first kappa shape index (κ1) is 17.1. The molecule has 0 heterocycles. The largest absolute Gasteiger partial charge is 0.383 e. The van der Waals surface area contributed by atoms with Gasteiger partial charge in [0.05, 0.1) is 6.61 Å². The van der Waals surface area contributed by atoms with Crippen LogP contribution in [-0.2, 0) is 17.8 Å². The Balaban J connectivity index is 2.57. The van der Waals surface area contributed by atoms with Crippen LogP contribution in [0.1, 0.15) is 24.0 Å². The number of nitrogens with one attached hydrogen (secondary N) is 1. The molecule has 4 heteroatoms. The number of hydrogen-bond acceptors (Lipinski definition) is 4. The molecule has 0 saturated heterocycles. The lowest BCUT2D eigenvalue weighted by molar-refractivity contribution is 0.161. The average Bonchev–Trinajstić information content (AvgIpc) is 2.42. The van der Waals surface area contributed by atoms with E-state index in [1.54, 1.807) is 7.11 Å². The smallest absolute Gasteiger partial charge is 0.0615 e. The van der Waals surface area contributed by atoms with Gasteiger partial charge in [0, 0.05) is 26.2 Å². The zero-order valence-corrected chi connectivity index (χ0v) is 13.1. The molecule has 0 amide bonds. The van der Waals surface area contributed by atoms with Gasteiger partial charge in [-0.05, 0) is 44.6 Å². The van der Waals surface area contributed by atoms with E-state index in [0.29, 0.717) is 6.04 Å². The van der Waals surface area contributed by atoms with Crippen LogP contribution in [0.25, 0.3) is 0 Å². The number of ether oxygens (including phenoxy) is 1. The maximum Gasteiger partial charge on any atom is 0.0615 e. The van der Waals surface area contributed by atoms with Crippen LogP contribution in [-0.4, -0.2) is 45.3 Å². The Kier molecular flexibility index (Phi) is 8.46. The van der Waals surface area contributed by atoms with E-state index in [4.69, 9.17) is 10.5 Å². The molecule has 0 aliphatic carbocycles. The molecule has 20 heavy (non-hydrogen) atoms. The van der Waals surface area contributed by atoms with Crippen LogP contribution in [0.4, 0.5) is 0 Å². The van der Waals surface area contributed by atoms with Gasteiger partial charge in [-0.3, -0.25) is 0 Å². The van der Waals surface area contributed by atoms with Gasteiger partial charge in [-0.15, -0.1) is 0 Å². The molecular formula is C16H29N3O. The van der Waals surface area contributed by atoms with Crippen molar-refractivity contribution in [3.05, 3.63) is 35.4 Å². The van der Waals surface area contributed by atoms with Crippen LogP contribution < -0.4 is 11.1 Å². The van der Waals surface area contributed by atoms with Crippen LogP contribution in [0.15, 0.2) is 24.3 Å². The van der Waals surface area contributed by atoms with Gasteiger partial charge in [0.25, 0.3) is 0 Å². The predicted octanol–water partition coefficient (Wildman–Crippen LogP) is 1.59. The third-order valence-electron chi connectivity index (χ3n) is 3.31. The summed E-state index contributed by atoms with van der Waals surface area (Å²) in [6.07, 6.45) is 2.08. The molecule has 1 atom stereocenters. The molecule has 0 bridgehead atoms. The maximum absolute atomic E-state index is 5.59. The Morgan fingerprint density at radius 3 is 2.55 bits per heavy atom. The number of nitrogens with two attached hydrogens (primary N) is 1. The summed E-state index contributed by atoms with van der Waals surface area (Å²) in [5.74, 6) is 0. The predicted molar refractivity (Wildman–Crippen MR) is 84.6 cm³/mol. The molecule has 114 valence electrons. The van der Waals surface area contributed by atoms with Gasteiger partial charge in [-0.1, -0.05) is 24.3 Å². The van der Waals surface area contributed by atoms with Gasteiger partial charge in [0.1, 0.15) is 0 Å². The lowest BCUT2D eigenvalue weighted by Crippen LogP contribution is -2.33. The molecule has 0 saturated carbocycles. The summed E-state index contributed by atoms with van der Waals surface area (Å²) in [5.41, 5.74) is 8.32. The number of methoxy groups -OCH3 is 1. The second kappa shape index (κ2) is 9.88. The van der Waals surface area contributed by atoms with Crippen LogP contribution >= 0.6 is 0 Å². The van der Waals surface area contributed by atoms with E-state index in [1.165, 1.54) is 11.1 Å². The number of rotatable bonds is 10. The minimum Gasteiger partial charge on any atom is -0.383 e. The molecule has 0 aliphatic rings. The van der Waals surface area contributed by atoms with Gasteiger partial charge < -0.3 is 20.7 Å². The van der Waals surface area contributed by atoms with Crippen molar-refractivity contribution in [3.8, 4) is 0 Å². The maximum atomic E-state index is 5.59. The zero-order chi connectivity index (χ0) is 14.8. The Morgan fingerprint density at radius 2 is 1.95 bits per heavy atom. The Morgan fingerprint density at radius 1 is 1.25 bits per heavy atom. The molecule has 1 unspecified atom stereocenters. The Labute approximate surface area is 123 Å². The van der Waals surface area contributed by atoms with Crippen molar-refractivity contribution < 1.29 is 4.74 Å². The number of hydrogen-bond donors (Lipinski definition) is 2. The minimum atomic E-state index is 0.371. The molecule has 0 aliphatic heterocycles. The van der Waals surface area contributed by atoms with E-state index in [-0.39, 0.29) is 0 Å². The quantitative estimate of drug-likeness (QED) is 0.683. The standard InChI is InChI=1S/C16H29N3O/c1-19(2)12-15-8-5-4-7-14(15)11-18-16(13-20-3)9-6-10-17/h4-5,7-8,16,18H,6,9-13,17H2,1-3H3. The van der Waals surface area contributed by atoms with E-state index in [9.17, 15) is 0 Å². The van der Waals surface area contributed by atoms with Crippen molar-refractivity contribution >= 4 is 0 Å². The van der Waals surface area contributed by atoms with Gasteiger partial charge in [-0.2, -0.15) is 0 Å². The lowest BCUT2D eigenvalue weighted by atomic mass is 10.1. The molecule has 0 spiro atoms. The van der Waals surface area contributed by atoms with Crippen LogP contribution in [0, 0.1) is 0 Å². The van der Waals surface area contributed by atoms with Crippen molar-refractivity contribution in [3.63, 3.8) is 0 Å². The highest BCUT2D eigenvalue weighted by Gasteiger charge is 2.09. The molecule has 0 aromatic heterocycles. The monoisotopic (exact) mass is 279 g/mol. The summed E-state index contributed by atoms with van der Waals surface area (Å²) >= 11 is 0. The first-order valence-electron chi connectivity index (χ1n) is 7.31. The third-order valence-corrected chi connectivity index (χ3v) is 3.31. The van der Waals surface area contributed by atoms with E-state index in [2.05, 4.69) is 48.6 Å². The highest BCUT2D eigenvalue weighted by Crippen LogP contribution is 2.11. The SMILES string of the molecule is COCC(CCCN)NCc1ccccc1CN(C)C.